The molecule has 0 amide bonds. The summed E-state index contributed by atoms with van der Waals surface area (Å²) >= 11 is 0. The van der Waals surface area contributed by atoms with E-state index in [1.807, 2.05) is 0 Å². The first kappa shape index (κ1) is 10.9. The minimum Gasteiger partial charge on any atom is -0.480 e. The molecule has 0 bridgehead atoms. The SMILES string of the molecule is O=C(O)[C@@H]1CCCN1C1CCC(O)CC1. The van der Waals surface area contributed by atoms with Gasteiger partial charge in [-0.2, -0.15) is 0 Å². The fraction of sp³-hybridized carbons (Fsp3) is 0.909. The van der Waals surface area contributed by atoms with Gasteiger partial charge in [-0.25, -0.2) is 0 Å². The Hall–Kier alpha value is -0.610. The van der Waals surface area contributed by atoms with Crippen molar-refractivity contribution >= 4 is 5.97 Å². The Bertz CT molecular complexity index is 236. The van der Waals surface area contributed by atoms with E-state index in [4.69, 9.17) is 5.11 Å². The number of aliphatic hydroxyl groups excluding tert-OH is 1. The fourth-order valence-corrected chi connectivity index (χ4v) is 2.88. The largest absolute Gasteiger partial charge is 0.480 e. The smallest absolute Gasteiger partial charge is 0.320 e. The molecule has 0 aromatic carbocycles. The minimum absolute atomic E-state index is 0.160. The van der Waals surface area contributed by atoms with Crippen LogP contribution in [0, 0.1) is 0 Å². The second-order valence-electron chi connectivity index (χ2n) is 4.70. The van der Waals surface area contributed by atoms with Crippen LogP contribution in [0.3, 0.4) is 0 Å². The third kappa shape index (κ3) is 2.32. The van der Waals surface area contributed by atoms with E-state index in [-0.39, 0.29) is 12.1 Å². The molecule has 2 aliphatic rings. The van der Waals surface area contributed by atoms with Gasteiger partial charge in [0.15, 0.2) is 0 Å². The Morgan fingerprint density at radius 3 is 2.40 bits per heavy atom. The zero-order valence-electron chi connectivity index (χ0n) is 8.93. The first-order valence-electron chi connectivity index (χ1n) is 5.85. The number of hydrogen-bond donors (Lipinski definition) is 2. The van der Waals surface area contributed by atoms with Gasteiger partial charge in [0.05, 0.1) is 6.10 Å². The van der Waals surface area contributed by atoms with Crippen LogP contribution in [0.25, 0.3) is 0 Å². The topological polar surface area (TPSA) is 60.8 Å². The van der Waals surface area contributed by atoms with Crippen LogP contribution >= 0.6 is 0 Å². The summed E-state index contributed by atoms with van der Waals surface area (Å²) in [5.41, 5.74) is 0. The molecule has 0 unspecified atom stereocenters. The van der Waals surface area contributed by atoms with E-state index in [1.54, 1.807) is 0 Å². The first-order chi connectivity index (χ1) is 7.18. The zero-order chi connectivity index (χ0) is 10.8. The van der Waals surface area contributed by atoms with Crippen LogP contribution < -0.4 is 0 Å². The molecule has 0 aromatic heterocycles. The molecule has 0 aromatic rings. The molecule has 4 heteroatoms. The van der Waals surface area contributed by atoms with Gasteiger partial charge in [-0.3, -0.25) is 9.69 Å². The highest BCUT2D eigenvalue weighted by atomic mass is 16.4. The van der Waals surface area contributed by atoms with Gasteiger partial charge >= 0.3 is 5.97 Å². The van der Waals surface area contributed by atoms with E-state index in [2.05, 4.69) is 4.90 Å². The molecule has 2 fully saturated rings. The summed E-state index contributed by atoms with van der Waals surface area (Å²) in [6.45, 7) is 0.914. The van der Waals surface area contributed by atoms with E-state index in [9.17, 15) is 9.90 Å². The summed E-state index contributed by atoms with van der Waals surface area (Å²) in [4.78, 5) is 13.2. The molecule has 0 radical (unpaired) electrons. The summed E-state index contributed by atoms with van der Waals surface area (Å²) in [6.07, 6.45) is 5.17. The summed E-state index contributed by atoms with van der Waals surface area (Å²) in [5, 5.41) is 18.5. The zero-order valence-corrected chi connectivity index (χ0v) is 8.93. The van der Waals surface area contributed by atoms with E-state index >= 15 is 0 Å². The van der Waals surface area contributed by atoms with Gasteiger partial charge in [0.2, 0.25) is 0 Å². The molecular formula is C11H19NO3. The van der Waals surface area contributed by atoms with Crippen molar-refractivity contribution in [3.8, 4) is 0 Å². The Balaban J connectivity index is 1.94. The number of carbonyl (C=O) groups is 1. The van der Waals surface area contributed by atoms with Crippen LogP contribution in [0.1, 0.15) is 38.5 Å². The molecule has 1 heterocycles. The van der Waals surface area contributed by atoms with Crippen molar-refractivity contribution in [2.45, 2.75) is 56.7 Å². The van der Waals surface area contributed by atoms with Gasteiger partial charge in [-0.05, 0) is 45.1 Å². The summed E-state index contributed by atoms with van der Waals surface area (Å²) in [7, 11) is 0. The van der Waals surface area contributed by atoms with Gasteiger partial charge < -0.3 is 10.2 Å². The third-order valence-corrected chi connectivity index (χ3v) is 3.71. The van der Waals surface area contributed by atoms with Gasteiger partial charge in [0.25, 0.3) is 0 Å². The van der Waals surface area contributed by atoms with E-state index in [0.717, 1.165) is 45.1 Å². The van der Waals surface area contributed by atoms with Crippen LogP contribution in [0.5, 0.6) is 0 Å². The summed E-state index contributed by atoms with van der Waals surface area (Å²) < 4.78 is 0. The fourth-order valence-electron chi connectivity index (χ4n) is 2.88. The molecule has 1 atom stereocenters. The number of likely N-dealkylation sites (tertiary alicyclic amines) is 1. The Morgan fingerprint density at radius 2 is 1.80 bits per heavy atom. The number of carboxylic acid groups (broad SMARTS) is 1. The summed E-state index contributed by atoms with van der Waals surface area (Å²) in [5.74, 6) is -0.682. The number of carboxylic acids is 1. The number of hydrogen-bond acceptors (Lipinski definition) is 3. The van der Waals surface area contributed by atoms with Crippen molar-refractivity contribution in [3.05, 3.63) is 0 Å². The number of aliphatic hydroxyl groups is 1. The van der Waals surface area contributed by atoms with Crippen LogP contribution in [-0.2, 0) is 4.79 Å². The predicted octanol–water partition coefficient (Wildman–Crippen LogP) is 0.839. The van der Waals surface area contributed by atoms with E-state index < -0.39 is 5.97 Å². The molecule has 1 aliphatic carbocycles. The molecule has 1 saturated carbocycles. The molecule has 15 heavy (non-hydrogen) atoms. The second-order valence-corrected chi connectivity index (χ2v) is 4.70. The van der Waals surface area contributed by atoms with Gasteiger partial charge in [0, 0.05) is 6.04 Å². The molecule has 4 nitrogen and oxygen atoms in total. The highest BCUT2D eigenvalue weighted by Crippen LogP contribution is 2.29. The Kier molecular flexibility index (Phi) is 3.26. The normalized spacial score (nSPS) is 38.1. The number of nitrogens with zero attached hydrogens (tertiary/aromatic N) is 1. The number of aliphatic carboxylic acids is 1. The minimum atomic E-state index is -0.682. The lowest BCUT2D eigenvalue weighted by Gasteiger charge is -2.35. The average molecular weight is 213 g/mol. The van der Waals surface area contributed by atoms with E-state index in [0.29, 0.717) is 6.04 Å². The van der Waals surface area contributed by atoms with Crippen LogP contribution in [0.4, 0.5) is 0 Å². The van der Waals surface area contributed by atoms with Crippen LogP contribution in [-0.4, -0.2) is 45.8 Å². The van der Waals surface area contributed by atoms with E-state index in [1.165, 1.54) is 0 Å². The lowest BCUT2D eigenvalue weighted by molar-refractivity contribution is -0.143. The highest BCUT2D eigenvalue weighted by molar-refractivity contribution is 5.73. The van der Waals surface area contributed by atoms with Gasteiger partial charge in [-0.15, -0.1) is 0 Å². The van der Waals surface area contributed by atoms with Crippen LogP contribution in [0.15, 0.2) is 0 Å². The highest BCUT2D eigenvalue weighted by Gasteiger charge is 2.36. The number of rotatable bonds is 2. The van der Waals surface area contributed by atoms with Crippen molar-refractivity contribution in [2.24, 2.45) is 0 Å². The lowest BCUT2D eigenvalue weighted by atomic mass is 9.91. The van der Waals surface area contributed by atoms with Crippen molar-refractivity contribution in [2.75, 3.05) is 6.54 Å². The maximum Gasteiger partial charge on any atom is 0.320 e. The van der Waals surface area contributed by atoms with Gasteiger partial charge in [0.1, 0.15) is 6.04 Å². The predicted molar refractivity (Wildman–Crippen MR) is 55.6 cm³/mol. The lowest BCUT2D eigenvalue weighted by Crippen LogP contribution is -2.45. The Morgan fingerprint density at radius 1 is 1.13 bits per heavy atom. The standard InChI is InChI=1S/C11H19NO3/c13-9-5-3-8(4-6-9)12-7-1-2-10(12)11(14)15/h8-10,13H,1-7H2,(H,14,15)/t8?,9?,10-/m0/s1. The molecule has 1 saturated heterocycles. The van der Waals surface area contributed by atoms with Crippen molar-refractivity contribution in [1.29, 1.82) is 0 Å². The van der Waals surface area contributed by atoms with Crippen molar-refractivity contribution < 1.29 is 15.0 Å². The monoisotopic (exact) mass is 213 g/mol. The Labute approximate surface area is 89.9 Å². The third-order valence-electron chi connectivity index (χ3n) is 3.71. The maximum atomic E-state index is 11.0. The van der Waals surface area contributed by atoms with Crippen LogP contribution in [0.2, 0.25) is 0 Å². The molecule has 1 aliphatic heterocycles. The molecule has 0 spiro atoms. The molecular weight excluding hydrogens is 194 g/mol. The quantitative estimate of drug-likeness (QED) is 0.713. The van der Waals surface area contributed by atoms with Gasteiger partial charge in [-0.1, -0.05) is 0 Å². The van der Waals surface area contributed by atoms with Crippen molar-refractivity contribution in [3.63, 3.8) is 0 Å². The second kappa shape index (κ2) is 4.49. The first-order valence-corrected chi connectivity index (χ1v) is 5.85. The molecule has 86 valence electrons. The molecule has 2 N–H and O–H groups in total. The summed E-state index contributed by atoms with van der Waals surface area (Å²) in [6, 6.07) is 0.113. The van der Waals surface area contributed by atoms with Crippen molar-refractivity contribution in [1.82, 2.24) is 4.90 Å². The average Bonchev–Trinajstić information content (AvgIpc) is 2.67. The molecule has 2 rings (SSSR count). The maximum absolute atomic E-state index is 11.0.